The van der Waals surface area contributed by atoms with E-state index in [-0.39, 0.29) is 11.4 Å². The van der Waals surface area contributed by atoms with Crippen molar-refractivity contribution >= 4 is 5.69 Å². The lowest BCUT2D eigenvalue weighted by Gasteiger charge is -2.15. The maximum absolute atomic E-state index is 11.2. The largest absolute Gasteiger partial charge is 0.450 e. The molecule has 0 radical (unpaired) electrons. The summed E-state index contributed by atoms with van der Waals surface area (Å²) in [5.41, 5.74) is 1.10. The molecule has 0 fully saturated rings. The number of nitrogens with zero attached hydrogens (tertiary/aromatic N) is 1. The molecule has 0 unspecified atom stereocenters. The van der Waals surface area contributed by atoms with Crippen molar-refractivity contribution in [1.82, 2.24) is 0 Å². The molecule has 0 aromatic heterocycles. The van der Waals surface area contributed by atoms with Crippen LogP contribution in [0.5, 0.6) is 11.5 Å². The van der Waals surface area contributed by atoms with Gasteiger partial charge in [-0.2, -0.15) is 0 Å². The van der Waals surface area contributed by atoms with Crippen LogP contribution in [0.1, 0.15) is 30.6 Å². The molecule has 0 bridgehead atoms. The van der Waals surface area contributed by atoms with Gasteiger partial charge in [0.15, 0.2) is 0 Å². The second kappa shape index (κ2) is 6.37. The van der Waals surface area contributed by atoms with Gasteiger partial charge in [0, 0.05) is 11.1 Å². The normalized spacial score (nSPS) is 12.0. The molecule has 0 aliphatic rings. The Balaban J connectivity index is 2.44. The van der Waals surface area contributed by atoms with Crippen molar-refractivity contribution in [3.8, 4) is 11.5 Å². The third kappa shape index (κ3) is 3.20. The van der Waals surface area contributed by atoms with Crippen LogP contribution in [-0.2, 0) is 0 Å². The Hall–Kier alpha value is -2.40. The molecular formula is C16H17NO4. The number of nitro benzene ring substituents is 1. The zero-order chi connectivity index (χ0) is 15.4. The maximum Gasteiger partial charge on any atom is 0.314 e. The van der Waals surface area contributed by atoms with Crippen molar-refractivity contribution in [2.24, 2.45) is 0 Å². The van der Waals surface area contributed by atoms with Crippen molar-refractivity contribution in [1.29, 1.82) is 0 Å². The van der Waals surface area contributed by atoms with E-state index in [1.54, 1.807) is 49.4 Å². The monoisotopic (exact) mass is 287 g/mol. The zero-order valence-electron chi connectivity index (χ0n) is 11.9. The van der Waals surface area contributed by atoms with Crippen LogP contribution in [0.25, 0.3) is 0 Å². The Kier molecular flexibility index (Phi) is 4.55. The van der Waals surface area contributed by atoms with Crippen LogP contribution in [0.2, 0.25) is 0 Å². The Labute approximate surface area is 123 Å². The smallest absolute Gasteiger partial charge is 0.314 e. The summed E-state index contributed by atoms with van der Waals surface area (Å²) < 4.78 is 5.70. The topological polar surface area (TPSA) is 72.6 Å². The highest BCUT2D eigenvalue weighted by Crippen LogP contribution is 2.36. The zero-order valence-corrected chi connectivity index (χ0v) is 11.9. The molecule has 2 aromatic rings. The van der Waals surface area contributed by atoms with Crippen LogP contribution < -0.4 is 4.74 Å². The fourth-order valence-corrected chi connectivity index (χ4v) is 2.14. The quantitative estimate of drug-likeness (QED) is 0.662. The van der Waals surface area contributed by atoms with Gasteiger partial charge in [-0.1, -0.05) is 37.3 Å². The minimum absolute atomic E-state index is 0.0571. The number of nitro groups is 1. The molecule has 5 heteroatoms. The molecule has 0 amide bonds. The van der Waals surface area contributed by atoms with Gasteiger partial charge in [-0.25, -0.2) is 0 Å². The van der Waals surface area contributed by atoms with Crippen LogP contribution in [-0.4, -0.2) is 10.0 Å². The van der Waals surface area contributed by atoms with Crippen molar-refractivity contribution in [2.45, 2.75) is 26.4 Å². The predicted octanol–water partition coefficient (Wildman–Crippen LogP) is 4.14. The van der Waals surface area contributed by atoms with E-state index in [2.05, 4.69) is 0 Å². The first-order chi connectivity index (χ1) is 10.0. The van der Waals surface area contributed by atoms with Gasteiger partial charge in [-0.15, -0.1) is 0 Å². The van der Waals surface area contributed by atoms with E-state index >= 15 is 0 Å². The van der Waals surface area contributed by atoms with Crippen molar-refractivity contribution < 1.29 is 14.8 Å². The number of rotatable bonds is 5. The average Bonchev–Trinajstić information content (AvgIpc) is 2.46. The number of ether oxygens (including phenoxy) is 1. The first kappa shape index (κ1) is 15.0. The van der Waals surface area contributed by atoms with E-state index in [4.69, 9.17) is 4.74 Å². The van der Waals surface area contributed by atoms with Gasteiger partial charge >= 0.3 is 5.69 Å². The molecule has 0 aliphatic heterocycles. The molecule has 0 spiro atoms. The molecule has 110 valence electrons. The number of aryl methyl sites for hydroxylation is 1. The maximum atomic E-state index is 11.2. The molecule has 2 aromatic carbocycles. The molecule has 2 rings (SSSR count). The molecule has 0 saturated heterocycles. The van der Waals surface area contributed by atoms with Gasteiger partial charge in [-0.3, -0.25) is 10.1 Å². The van der Waals surface area contributed by atoms with Gasteiger partial charge < -0.3 is 9.84 Å². The molecule has 0 heterocycles. The fraction of sp³-hybridized carbons (Fsp3) is 0.250. The molecular weight excluding hydrogens is 270 g/mol. The summed E-state index contributed by atoms with van der Waals surface area (Å²) in [5.74, 6) is 0.608. The lowest BCUT2D eigenvalue weighted by Crippen LogP contribution is -2.00. The standard InChI is InChI=1S/C16H17NO4/c1-3-13(18)12-8-4-5-9-14(12)21-15-10-6-7-11(2)16(15)17(19)20/h4-10,13,18H,3H2,1-2H3/t13-/m0/s1. The summed E-state index contributed by atoms with van der Waals surface area (Å²) in [6, 6.07) is 11.9. The summed E-state index contributed by atoms with van der Waals surface area (Å²) >= 11 is 0. The summed E-state index contributed by atoms with van der Waals surface area (Å²) in [7, 11) is 0. The summed E-state index contributed by atoms with van der Waals surface area (Å²) in [4.78, 5) is 10.7. The summed E-state index contributed by atoms with van der Waals surface area (Å²) in [6.07, 6.45) is -0.124. The summed E-state index contributed by atoms with van der Waals surface area (Å²) in [5, 5.41) is 21.2. The van der Waals surface area contributed by atoms with E-state index in [0.29, 0.717) is 23.3 Å². The van der Waals surface area contributed by atoms with E-state index < -0.39 is 11.0 Å². The molecule has 0 aliphatic carbocycles. The van der Waals surface area contributed by atoms with Gasteiger partial charge in [0.1, 0.15) is 5.75 Å². The van der Waals surface area contributed by atoms with Crippen LogP contribution in [0.3, 0.4) is 0 Å². The van der Waals surface area contributed by atoms with Crippen LogP contribution >= 0.6 is 0 Å². The molecule has 5 nitrogen and oxygen atoms in total. The highest BCUT2D eigenvalue weighted by molar-refractivity contribution is 5.54. The highest BCUT2D eigenvalue weighted by Gasteiger charge is 2.20. The fourth-order valence-electron chi connectivity index (χ4n) is 2.14. The van der Waals surface area contributed by atoms with Gasteiger partial charge in [0.25, 0.3) is 0 Å². The lowest BCUT2D eigenvalue weighted by atomic mass is 10.1. The second-order valence-corrected chi connectivity index (χ2v) is 4.74. The van der Waals surface area contributed by atoms with E-state index in [1.165, 1.54) is 0 Å². The average molecular weight is 287 g/mol. The number of hydrogen-bond donors (Lipinski definition) is 1. The molecule has 21 heavy (non-hydrogen) atoms. The Morgan fingerprint density at radius 3 is 2.52 bits per heavy atom. The third-order valence-corrected chi connectivity index (χ3v) is 3.27. The van der Waals surface area contributed by atoms with Gasteiger partial charge in [0.05, 0.1) is 11.0 Å². The minimum Gasteiger partial charge on any atom is -0.450 e. The molecule has 0 saturated carbocycles. The predicted molar refractivity (Wildman–Crippen MR) is 79.6 cm³/mol. The number of para-hydroxylation sites is 2. The number of aliphatic hydroxyl groups is 1. The van der Waals surface area contributed by atoms with Crippen molar-refractivity contribution in [3.63, 3.8) is 0 Å². The first-order valence-corrected chi connectivity index (χ1v) is 6.73. The van der Waals surface area contributed by atoms with Crippen molar-refractivity contribution in [2.75, 3.05) is 0 Å². The van der Waals surface area contributed by atoms with E-state index in [9.17, 15) is 15.2 Å². The van der Waals surface area contributed by atoms with Crippen LogP contribution in [0.15, 0.2) is 42.5 Å². The first-order valence-electron chi connectivity index (χ1n) is 6.73. The Morgan fingerprint density at radius 1 is 1.19 bits per heavy atom. The van der Waals surface area contributed by atoms with Crippen LogP contribution in [0.4, 0.5) is 5.69 Å². The van der Waals surface area contributed by atoms with Crippen LogP contribution in [0, 0.1) is 17.0 Å². The third-order valence-electron chi connectivity index (χ3n) is 3.27. The van der Waals surface area contributed by atoms with E-state index in [1.807, 2.05) is 6.92 Å². The lowest BCUT2D eigenvalue weighted by molar-refractivity contribution is -0.386. The van der Waals surface area contributed by atoms with Gasteiger partial charge in [-0.05, 0) is 25.5 Å². The molecule has 1 atom stereocenters. The number of aliphatic hydroxyl groups excluding tert-OH is 1. The minimum atomic E-state index is -0.662. The number of benzene rings is 2. The second-order valence-electron chi connectivity index (χ2n) is 4.74. The summed E-state index contributed by atoms with van der Waals surface area (Å²) in [6.45, 7) is 3.52. The highest BCUT2D eigenvalue weighted by atomic mass is 16.6. The van der Waals surface area contributed by atoms with E-state index in [0.717, 1.165) is 0 Å². The van der Waals surface area contributed by atoms with Gasteiger partial charge in [0.2, 0.25) is 5.75 Å². The van der Waals surface area contributed by atoms with Crippen molar-refractivity contribution in [3.05, 3.63) is 63.7 Å². The Morgan fingerprint density at radius 2 is 1.86 bits per heavy atom. The number of hydrogen-bond acceptors (Lipinski definition) is 4. The SMILES string of the molecule is CC[C@H](O)c1ccccc1Oc1cccc(C)c1[N+](=O)[O-]. The molecule has 1 N–H and O–H groups in total. The Bertz CT molecular complexity index is 654.